The van der Waals surface area contributed by atoms with Crippen LogP contribution >= 0.6 is 0 Å². The van der Waals surface area contributed by atoms with Crippen molar-refractivity contribution in [3.8, 4) is 11.5 Å². The largest absolute Gasteiger partial charge is 0.486 e. The molecule has 4 rings (SSSR count). The van der Waals surface area contributed by atoms with E-state index in [9.17, 15) is 19.7 Å². The molecule has 168 valence electrons. The van der Waals surface area contributed by atoms with E-state index in [-0.39, 0.29) is 35.2 Å². The SMILES string of the molecule is CCN(CC(=O)Nc1ccc2c(c1)OCCO2)C(=O)C1NNC2CCC([N+](=O)[O-])CC21. The minimum Gasteiger partial charge on any atom is -0.486 e. The van der Waals surface area contributed by atoms with Gasteiger partial charge in [-0.25, -0.2) is 5.43 Å². The summed E-state index contributed by atoms with van der Waals surface area (Å²) in [5.41, 5.74) is 6.66. The van der Waals surface area contributed by atoms with Crippen molar-refractivity contribution in [1.29, 1.82) is 0 Å². The molecule has 2 heterocycles. The first-order valence-electron chi connectivity index (χ1n) is 10.6. The van der Waals surface area contributed by atoms with Crippen LogP contribution in [0.2, 0.25) is 0 Å². The Morgan fingerprint density at radius 1 is 1.23 bits per heavy atom. The van der Waals surface area contributed by atoms with Gasteiger partial charge in [0.15, 0.2) is 11.5 Å². The van der Waals surface area contributed by atoms with E-state index in [1.807, 2.05) is 0 Å². The Labute approximate surface area is 179 Å². The second kappa shape index (κ2) is 9.06. The molecular weight excluding hydrogens is 406 g/mol. The summed E-state index contributed by atoms with van der Waals surface area (Å²) in [7, 11) is 0. The maximum Gasteiger partial charge on any atom is 0.243 e. The summed E-state index contributed by atoms with van der Waals surface area (Å²) < 4.78 is 11.0. The number of rotatable bonds is 6. The fourth-order valence-corrected chi connectivity index (χ4v) is 4.51. The van der Waals surface area contributed by atoms with Crippen molar-refractivity contribution in [3.63, 3.8) is 0 Å². The predicted molar refractivity (Wildman–Crippen MR) is 110 cm³/mol. The number of likely N-dealkylation sites (N-methyl/N-ethyl adjacent to an activating group) is 1. The molecule has 0 spiro atoms. The fourth-order valence-electron chi connectivity index (χ4n) is 4.51. The quantitative estimate of drug-likeness (QED) is 0.437. The summed E-state index contributed by atoms with van der Waals surface area (Å²) in [6.45, 7) is 2.97. The highest BCUT2D eigenvalue weighted by atomic mass is 16.6. The van der Waals surface area contributed by atoms with Crippen LogP contribution < -0.4 is 25.6 Å². The molecule has 0 bridgehead atoms. The monoisotopic (exact) mass is 433 g/mol. The van der Waals surface area contributed by atoms with Crippen molar-refractivity contribution in [2.75, 3.05) is 31.6 Å². The predicted octanol–water partition coefficient (Wildman–Crippen LogP) is 0.535. The summed E-state index contributed by atoms with van der Waals surface area (Å²) in [5, 5.41) is 14.0. The Hall–Kier alpha value is -2.92. The number of carbonyl (C=O) groups is 2. The number of hydrogen-bond donors (Lipinski definition) is 3. The molecule has 1 aromatic carbocycles. The lowest BCUT2D eigenvalue weighted by Gasteiger charge is -2.31. The smallest absolute Gasteiger partial charge is 0.243 e. The first kappa shape index (κ1) is 21.3. The third-order valence-electron chi connectivity index (χ3n) is 6.14. The van der Waals surface area contributed by atoms with Crippen molar-refractivity contribution in [3.05, 3.63) is 28.3 Å². The maximum absolute atomic E-state index is 13.1. The molecule has 4 unspecified atom stereocenters. The van der Waals surface area contributed by atoms with Gasteiger partial charge >= 0.3 is 0 Å². The summed E-state index contributed by atoms with van der Waals surface area (Å²) in [6.07, 6.45) is 1.48. The Morgan fingerprint density at radius 2 is 2.00 bits per heavy atom. The van der Waals surface area contributed by atoms with Crippen LogP contribution in [0.3, 0.4) is 0 Å². The molecule has 1 saturated heterocycles. The van der Waals surface area contributed by atoms with E-state index in [1.165, 1.54) is 4.90 Å². The molecule has 0 radical (unpaired) electrons. The highest BCUT2D eigenvalue weighted by Gasteiger charge is 2.47. The number of ether oxygens (including phenoxy) is 2. The number of amides is 2. The molecule has 2 aliphatic heterocycles. The molecule has 2 amide bonds. The van der Waals surface area contributed by atoms with Crippen LogP contribution in [0.4, 0.5) is 5.69 Å². The van der Waals surface area contributed by atoms with E-state index in [0.29, 0.717) is 56.2 Å². The third-order valence-corrected chi connectivity index (χ3v) is 6.14. The van der Waals surface area contributed by atoms with Crippen molar-refractivity contribution >= 4 is 17.5 Å². The highest BCUT2D eigenvalue weighted by molar-refractivity contribution is 5.95. The fraction of sp³-hybridized carbons (Fsp3) is 0.600. The molecule has 3 N–H and O–H groups in total. The highest BCUT2D eigenvalue weighted by Crippen LogP contribution is 2.33. The average molecular weight is 433 g/mol. The van der Waals surface area contributed by atoms with Crippen LogP contribution in [0.15, 0.2) is 18.2 Å². The van der Waals surface area contributed by atoms with E-state index in [0.717, 1.165) is 0 Å². The normalized spacial score (nSPS) is 26.6. The molecule has 1 aromatic rings. The maximum atomic E-state index is 13.1. The number of benzene rings is 1. The van der Waals surface area contributed by atoms with Gasteiger partial charge in [0.25, 0.3) is 0 Å². The van der Waals surface area contributed by atoms with Crippen LogP contribution in [-0.4, -0.2) is 66.1 Å². The zero-order valence-electron chi connectivity index (χ0n) is 17.3. The van der Waals surface area contributed by atoms with Gasteiger partial charge in [-0.1, -0.05) is 0 Å². The topological polar surface area (TPSA) is 135 Å². The number of carbonyl (C=O) groups excluding carboxylic acids is 2. The standard InChI is InChI=1S/C20H27N5O6/c1-2-24(11-18(26)21-12-3-6-16-17(9-12)31-8-7-30-16)20(27)19-14-10-13(25(28)29)4-5-15(14)22-23-19/h3,6,9,13-15,19,22-23H,2,4-5,7-8,10-11H2,1H3,(H,21,26). The molecule has 3 aliphatic rings. The Bertz CT molecular complexity index is 864. The molecule has 11 nitrogen and oxygen atoms in total. The summed E-state index contributed by atoms with van der Waals surface area (Å²) in [5.74, 6) is 0.457. The number of hydrogen-bond acceptors (Lipinski definition) is 8. The van der Waals surface area contributed by atoms with Gasteiger partial charge in [-0.2, -0.15) is 0 Å². The number of nitrogens with one attached hydrogen (secondary N) is 3. The summed E-state index contributed by atoms with van der Waals surface area (Å²) in [6, 6.07) is 3.95. The van der Waals surface area contributed by atoms with Gasteiger partial charge in [0, 0.05) is 48.0 Å². The van der Waals surface area contributed by atoms with Crippen molar-refractivity contribution in [2.45, 2.75) is 44.3 Å². The molecule has 1 saturated carbocycles. The van der Waals surface area contributed by atoms with Gasteiger partial charge in [-0.3, -0.25) is 25.1 Å². The van der Waals surface area contributed by atoms with E-state index < -0.39 is 12.1 Å². The van der Waals surface area contributed by atoms with Crippen LogP contribution in [0.25, 0.3) is 0 Å². The molecule has 2 fully saturated rings. The molecule has 0 aromatic heterocycles. The zero-order valence-corrected chi connectivity index (χ0v) is 17.3. The Kier molecular flexibility index (Phi) is 6.23. The first-order valence-corrected chi connectivity index (χ1v) is 10.6. The Balaban J connectivity index is 1.37. The van der Waals surface area contributed by atoms with Gasteiger partial charge in [-0.15, -0.1) is 0 Å². The van der Waals surface area contributed by atoms with Crippen molar-refractivity contribution in [2.24, 2.45) is 5.92 Å². The molecule has 4 atom stereocenters. The van der Waals surface area contributed by atoms with Crippen molar-refractivity contribution in [1.82, 2.24) is 15.8 Å². The van der Waals surface area contributed by atoms with Crippen LogP contribution in [0.1, 0.15) is 26.2 Å². The van der Waals surface area contributed by atoms with Crippen LogP contribution in [-0.2, 0) is 9.59 Å². The van der Waals surface area contributed by atoms with Gasteiger partial charge in [0.2, 0.25) is 17.9 Å². The second-order valence-electron chi connectivity index (χ2n) is 8.05. The van der Waals surface area contributed by atoms with E-state index in [4.69, 9.17) is 9.47 Å². The lowest BCUT2D eigenvalue weighted by Crippen LogP contribution is -2.50. The minimum atomic E-state index is -0.633. The number of nitro groups is 1. The zero-order chi connectivity index (χ0) is 22.0. The van der Waals surface area contributed by atoms with Gasteiger partial charge in [0.05, 0.1) is 6.54 Å². The van der Waals surface area contributed by atoms with Gasteiger partial charge in [-0.05, 0) is 25.5 Å². The summed E-state index contributed by atoms with van der Waals surface area (Å²) in [4.78, 5) is 38.1. The second-order valence-corrected chi connectivity index (χ2v) is 8.05. The molecule has 1 aliphatic carbocycles. The van der Waals surface area contributed by atoms with Gasteiger partial charge < -0.3 is 19.7 Å². The number of anilines is 1. The minimum absolute atomic E-state index is 0.0235. The third kappa shape index (κ3) is 4.57. The van der Waals surface area contributed by atoms with Crippen molar-refractivity contribution < 1.29 is 24.0 Å². The van der Waals surface area contributed by atoms with Crippen LogP contribution in [0.5, 0.6) is 11.5 Å². The molecule has 31 heavy (non-hydrogen) atoms. The first-order chi connectivity index (χ1) is 15.0. The Morgan fingerprint density at radius 3 is 2.74 bits per heavy atom. The van der Waals surface area contributed by atoms with E-state index in [2.05, 4.69) is 16.2 Å². The lowest BCUT2D eigenvalue weighted by molar-refractivity contribution is -0.528. The van der Waals surface area contributed by atoms with Gasteiger partial charge in [0.1, 0.15) is 19.3 Å². The number of nitrogens with zero attached hydrogens (tertiary/aromatic N) is 2. The molecule has 11 heteroatoms. The molecular formula is C20H27N5O6. The van der Waals surface area contributed by atoms with Crippen LogP contribution in [0, 0.1) is 16.0 Å². The number of hydrazine groups is 1. The van der Waals surface area contributed by atoms with E-state index in [1.54, 1.807) is 25.1 Å². The average Bonchev–Trinajstić information content (AvgIpc) is 3.20. The lowest BCUT2D eigenvalue weighted by atomic mass is 9.79. The van der Waals surface area contributed by atoms with E-state index >= 15 is 0 Å². The summed E-state index contributed by atoms with van der Waals surface area (Å²) >= 11 is 0. The number of fused-ring (bicyclic) bond motifs is 2.